The first kappa shape index (κ1) is 12.3. The average molecular weight is 275 g/mol. The zero-order chi connectivity index (χ0) is 14.1. The van der Waals surface area contributed by atoms with Crippen LogP contribution in [-0.2, 0) is 13.0 Å². The summed E-state index contributed by atoms with van der Waals surface area (Å²) in [7, 11) is 0. The number of aromatic nitrogens is 3. The number of rotatable bonds is 2. The van der Waals surface area contributed by atoms with Gasteiger partial charge in [-0.1, -0.05) is 60.7 Å². The van der Waals surface area contributed by atoms with Crippen LogP contribution in [0.5, 0.6) is 0 Å². The van der Waals surface area contributed by atoms with Gasteiger partial charge >= 0.3 is 0 Å². The van der Waals surface area contributed by atoms with Gasteiger partial charge in [-0.05, 0) is 12.0 Å². The molecule has 1 unspecified atom stereocenters. The van der Waals surface area contributed by atoms with Crippen molar-refractivity contribution in [1.29, 1.82) is 0 Å². The summed E-state index contributed by atoms with van der Waals surface area (Å²) in [4.78, 5) is 0. The van der Waals surface area contributed by atoms with Gasteiger partial charge in [0.05, 0.1) is 0 Å². The van der Waals surface area contributed by atoms with Crippen molar-refractivity contribution in [3.63, 3.8) is 0 Å². The average Bonchev–Trinajstić information content (AvgIpc) is 2.99. The molecule has 3 nitrogen and oxygen atoms in total. The van der Waals surface area contributed by atoms with Gasteiger partial charge in [-0.15, -0.1) is 10.2 Å². The minimum atomic E-state index is 0.553. The molecule has 0 saturated carbocycles. The Hall–Kier alpha value is -2.42. The van der Waals surface area contributed by atoms with Crippen LogP contribution in [-0.4, -0.2) is 14.8 Å². The van der Waals surface area contributed by atoms with Gasteiger partial charge < -0.3 is 4.57 Å². The fraction of sp³-hybridized carbons (Fsp3) is 0.222. The first-order chi connectivity index (χ1) is 10.4. The Morgan fingerprint density at radius 3 is 2.33 bits per heavy atom. The van der Waals surface area contributed by atoms with E-state index in [1.807, 2.05) is 6.07 Å². The lowest BCUT2D eigenvalue weighted by Crippen LogP contribution is -2.19. The van der Waals surface area contributed by atoms with E-state index in [4.69, 9.17) is 0 Å². The van der Waals surface area contributed by atoms with Crippen molar-refractivity contribution in [2.75, 3.05) is 0 Å². The maximum absolute atomic E-state index is 4.41. The van der Waals surface area contributed by atoms with Gasteiger partial charge in [-0.2, -0.15) is 0 Å². The highest BCUT2D eigenvalue weighted by atomic mass is 15.3. The maximum Gasteiger partial charge on any atom is 0.163 e. The highest BCUT2D eigenvalue weighted by molar-refractivity contribution is 5.55. The van der Waals surface area contributed by atoms with Gasteiger partial charge in [0.15, 0.2) is 5.82 Å². The van der Waals surface area contributed by atoms with Gasteiger partial charge in [0.25, 0.3) is 0 Å². The topological polar surface area (TPSA) is 30.7 Å². The lowest BCUT2D eigenvalue weighted by atomic mass is 9.91. The Morgan fingerprint density at radius 1 is 0.857 bits per heavy atom. The van der Waals surface area contributed by atoms with Crippen LogP contribution in [0.4, 0.5) is 0 Å². The number of benzene rings is 2. The summed E-state index contributed by atoms with van der Waals surface area (Å²) < 4.78 is 2.29. The van der Waals surface area contributed by atoms with Crippen molar-refractivity contribution in [3.8, 4) is 11.4 Å². The predicted molar refractivity (Wildman–Crippen MR) is 83.0 cm³/mol. The second-order valence-electron chi connectivity index (χ2n) is 5.56. The molecule has 1 atom stereocenters. The third kappa shape index (κ3) is 2.25. The van der Waals surface area contributed by atoms with Gasteiger partial charge in [-0.3, -0.25) is 0 Å². The molecule has 1 aliphatic heterocycles. The van der Waals surface area contributed by atoms with Crippen LogP contribution in [0.1, 0.15) is 23.7 Å². The molecule has 21 heavy (non-hydrogen) atoms. The Kier molecular flexibility index (Phi) is 3.03. The van der Waals surface area contributed by atoms with E-state index in [0.717, 1.165) is 36.6 Å². The number of fused-ring (bicyclic) bond motifs is 1. The summed E-state index contributed by atoms with van der Waals surface area (Å²) in [5.41, 5.74) is 2.56. The highest BCUT2D eigenvalue weighted by Gasteiger charge is 2.24. The summed E-state index contributed by atoms with van der Waals surface area (Å²) in [6.07, 6.45) is 2.15. The van der Waals surface area contributed by atoms with E-state index in [2.05, 4.69) is 69.4 Å². The largest absolute Gasteiger partial charge is 0.310 e. The lowest BCUT2D eigenvalue weighted by Gasteiger charge is -2.24. The molecule has 4 rings (SSSR count). The van der Waals surface area contributed by atoms with Crippen LogP contribution in [0.2, 0.25) is 0 Å². The van der Waals surface area contributed by atoms with Crippen LogP contribution in [0.15, 0.2) is 60.7 Å². The summed E-state index contributed by atoms with van der Waals surface area (Å²) in [5, 5.41) is 8.78. The van der Waals surface area contributed by atoms with E-state index in [1.165, 1.54) is 5.56 Å². The molecule has 2 aromatic carbocycles. The van der Waals surface area contributed by atoms with E-state index >= 15 is 0 Å². The highest BCUT2D eigenvalue weighted by Crippen LogP contribution is 2.31. The molecule has 0 N–H and O–H groups in total. The number of hydrogen-bond acceptors (Lipinski definition) is 2. The van der Waals surface area contributed by atoms with Crippen molar-refractivity contribution in [2.24, 2.45) is 0 Å². The molecule has 104 valence electrons. The van der Waals surface area contributed by atoms with E-state index in [1.54, 1.807) is 0 Å². The minimum absolute atomic E-state index is 0.553. The van der Waals surface area contributed by atoms with Gasteiger partial charge in [0.2, 0.25) is 0 Å². The summed E-state index contributed by atoms with van der Waals surface area (Å²) in [6, 6.07) is 21.1. The molecule has 3 heteroatoms. The standard InChI is InChI=1S/C18H17N3/c1-3-7-14(8-4-1)16-11-12-17-19-20-18(21(17)13-16)15-9-5-2-6-10-15/h1-10,16H,11-13H2. The second kappa shape index (κ2) is 5.17. The molecule has 1 aromatic heterocycles. The van der Waals surface area contributed by atoms with Crippen LogP contribution in [0, 0.1) is 0 Å². The van der Waals surface area contributed by atoms with Crippen LogP contribution in [0.25, 0.3) is 11.4 Å². The molecule has 1 aliphatic rings. The fourth-order valence-electron chi connectivity index (χ4n) is 3.13. The molecule has 0 amide bonds. The summed E-state index contributed by atoms with van der Waals surface area (Å²) in [6.45, 7) is 0.969. The maximum atomic E-state index is 4.41. The Morgan fingerprint density at radius 2 is 1.57 bits per heavy atom. The van der Waals surface area contributed by atoms with E-state index in [9.17, 15) is 0 Å². The van der Waals surface area contributed by atoms with Crippen LogP contribution >= 0.6 is 0 Å². The SMILES string of the molecule is c1ccc(-c2nnc3n2CC(c2ccccc2)CC3)cc1. The number of hydrogen-bond donors (Lipinski definition) is 0. The summed E-state index contributed by atoms with van der Waals surface area (Å²) in [5.74, 6) is 2.66. The molecule has 0 bridgehead atoms. The minimum Gasteiger partial charge on any atom is -0.310 e. The molecular formula is C18H17N3. The van der Waals surface area contributed by atoms with Crippen molar-refractivity contribution in [2.45, 2.75) is 25.3 Å². The Bertz CT molecular complexity index is 732. The van der Waals surface area contributed by atoms with Crippen molar-refractivity contribution < 1.29 is 0 Å². The zero-order valence-electron chi connectivity index (χ0n) is 11.8. The van der Waals surface area contributed by atoms with Gasteiger partial charge in [-0.25, -0.2) is 0 Å². The molecule has 0 radical (unpaired) electrons. The van der Waals surface area contributed by atoms with Crippen molar-refractivity contribution in [1.82, 2.24) is 14.8 Å². The quantitative estimate of drug-likeness (QED) is 0.714. The molecular weight excluding hydrogens is 258 g/mol. The molecule has 2 heterocycles. The number of aryl methyl sites for hydroxylation is 1. The molecule has 0 fully saturated rings. The van der Waals surface area contributed by atoms with Crippen LogP contribution in [0.3, 0.4) is 0 Å². The smallest absolute Gasteiger partial charge is 0.163 e. The molecule has 0 saturated heterocycles. The van der Waals surface area contributed by atoms with E-state index in [0.29, 0.717) is 5.92 Å². The van der Waals surface area contributed by atoms with Gasteiger partial charge in [0, 0.05) is 24.4 Å². The van der Waals surface area contributed by atoms with Gasteiger partial charge in [0.1, 0.15) is 5.82 Å². The second-order valence-corrected chi connectivity index (χ2v) is 5.56. The van der Waals surface area contributed by atoms with Crippen molar-refractivity contribution >= 4 is 0 Å². The zero-order valence-corrected chi connectivity index (χ0v) is 11.8. The van der Waals surface area contributed by atoms with Crippen molar-refractivity contribution in [3.05, 3.63) is 72.1 Å². The van der Waals surface area contributed by atoms with Crippen LogP contribution < -0.4 is 0 Å². The molecule has 3 aromatic rings. The molecule has 0 aliphatic carbocycles. The Labute approximate surface area is 124 Å². The lowest BCUT2D eigenvalue weighted by molar-refractivity contribution is 0.459. The summed E-state index contributed by atoms with van der Waals surface area (Å²) >= 11 is 0. The normalized spacial score (nSPS) is 17.4. The molecule has 0 spiro atoms. The van der Waals surface area contributed by atoms with E-state index < -0.39 is 0 Å². The third-order valence-electron chi connectivity index (χ3n) is 4.25. The first-order valence-electron chi connectivity index (χ1n) is 7.44. The third-order valence-corrected chi connectivity index (χ3v) is 4.25. The van der Waals surface area contributed by atoms with E-state index in [-0.39, 0.29) is 0 Å². The monoisotopic (exact) mass is 275 g/mol. The predicted octanol–water partition coefficient (Wildman–Crippen LogP) is 3.68. The Balaban J connectivity index is 1.70. The number of nitrogens with zero attached hydrogens (tertiary/aromatic N) is 3. The fourth-order valence-corrected chi connectivity index (χ4v) is 3.13. The first-order valence-corrected chi connectivity index (χ1v) is 7.44.